The summed E-state index contributed by atoms with van der Waals surface area (Å²) in [6.45, 7) is 0. The van der Waals surface area contributed by atoms with Gasteiger partial charge in [-0.25, -0.2) is 0 Å². The molecule has 23 heavy (non-hydrogen) atoms. The van der Waals surface area contributed by atoms with Gasteiger partial charge in [-0.15, -0.1) is 0 Å². The number of hydrogen-bond acceptors (Lipinski definition) is 2. The zero-order chi connectivity index (χ0) is 16.4. The van der Waals surface area contributed by atoms with Crippen LogP contribution in [-0.4, -0.2) is 21.0 Å². The molecule has 3 atom stereocenters. The molecule has 5 nitrogen and oxygen atoms in total. The van der Waals surface area contributed by atoms with Crippen molar-refractivity contribution >= 4 is 24.9 Å². The van der Waals surface area contributed by atoms with E-state index in [2.05, 4.69) is 4.98 Å². The van der Waals surface area contributed by atoms with Crippen molar-refractivity contribution in [2.24, 2.45) is 0 Å². The van der Waals surface area contributed by atoms with Crippen molar-refractivity contribution in [3.05, 3.63) is 71.9 Å². The first-order valence-corrected chi connectivity index (χ1v) is 8.36. The predicted molar refractivity (Wildman–Crippen MR) is 87.7 cm³/mol. The molecular weight excluding hydrogens is 313 g/mol. The van der Waals surface area contributed by atoms with Gasteiger partial charge >= 0.3 is 14.0 Å². The summed E-state index contributed by atoms with van der Waals surface area (Å²) in [7, 11) is -2.73. The number of H-pyrrole nitrogens is 1. The number of aromatic amines is 1. The Morgan fingerprint density at radius 1 is 1.04 bits per heavy atom. The summed E-state index contributed by atoms with van der Waals surface area (Å²) in [4.78, 5) is 24.8. The van der Waals surface area contributed by atoms with E-state index in [9.17, 15) is 19.4 Å². The molecule has 0 aliphatic carbocycles. The van der Waals surface area contributed by atoms with Crippen molar-refractivity contribution in [2.75, 3.05) is 0 Å². The summed E-state index contributed by atoms with van der Waals surface area (Å²) in [6, 6.07) is 15.7. The molecule has 0 saturated carbocycles. The van der Waals surface area contributed by atoms with Gasteiger partial charge in [0.25, 0.3) is 0 Å². The lowest BCUT2D eigenvalue weighted by Crippen LogP contribution is -2.18. The summed E-state index contributed by atoms with van der Waals surface area (Å²) in [6.07, 6.45) is 1.73. The average Bonchev–Trinajstić information content (AvgIpc) is 3.01. The largest absolute Gasteiger partial charge is 0.514 e. The molecule has 1 aromatic heterocycles. The molecule has 0 aliphatic heterocycles. The fourth-order valence-corrected chi connectivity index (χ4v) is 3.93. The van der Waals surface area contributed by atoms with E-state index < -0.39 is 25.6 Å². The minimum atomic E-state index is -2.73. The van der Waals surface area contributed by atoms with Crippen LogP contribution in [0.5, 0.6) is 0 Å². The Bertz CT molecular complexity index is 859. The Labute approximate surface area is 133 Å². The third kappa shape index (κ3) is 2.89. The van der Waals surface area contributed by atoms with Crippen LogP contribution in [0.2, 0.25) is 0 Å². The molecule has 116 valence electrons. The van der Waals surface area contributed by atoms with Crippen LogP contribution in [0.1, 0.15) is 22.7 Å². The summed E-state index contributed by atoms with van der Waals surface area (Å²) in [5.74, 6) is -2.21. The Morgan fingerprint density at radius 3 is 2.43 bits per heavy atom. The van der Waals surface area contributed by atoms with Gasteiger partial charge in [0.15, 0.2) is 0 Å². The van der Waals surface area contributed by atoms with E-state index in [0.29, 0.717) is 11.1 Å². The molecule has 0 radical (unpaired) electrons. The van der Waals surface area contributed by atoms with Gasteiger partial charge < -0.3 is 10.1 Å². The zero-order valence-electron chi connectivity index (χ0n) is 12.1. The molecule has 0 aliphatic rings. The second-order valence-corrected chi connectivity index (χ2v) is 6.42. The molecule has 3 rings (SSSR count). The minimum absolute atomic E-state index is 0.509. The maximum atomic E-state index is 12.1. The standard InChI is InChI=1S/C17H14NO4P/c19-17(20)15(11-5-2-1-3-6-11)16(23(21)22)13-7-4-8-14-12(13)9-10-18-14/h1-10,15-16,18H,(H-,19,20,21,22)/p+1. The van der Waals surface area contributed by atoms with E-state index in [4.69, 9.17) is 0 Å². The Morgan fingerprint density at radius 2 is 1.78 bits per heavy atom. The second-order valence-electron chi connectivity index (χ2n) is 5.26. The van der Waals surface area contributed by atoms with Gasteiger partial charge in [-0.05, 0) is 22.3 Å². The van der Waals surface area contributed by atoms with Crippen molar-refractivity contribution in [2.45, 2.75) is 11.6 Å². The number of hydrogen-bond donors (Lipinski definition) is 3. The first kappa shape index (κ1) is 15.4. The highest BCUT2D eigenvalue weighted by molar-refractivity contribution is 7.38. The fraction of sp³-hybridized carbons (Fsp3) is 0.118. The number of benzene rings is 2. The number of carboxylic acids is 1. The second kappa shape index (κ2) is 6.32. The van der Waals surface area contributed by atoms with Crippen LogP contribution in [0.25, 0.3) is 10.9 Å². The molecule has 3 N–H and O–H groups in total. The summed E-state index contributed by atoms with van der Waals surface area (Å²) in [5, 5.41) is 10.4. The molecule has 3 aromatic rings. The van der Waals surface area contributed by atoms with Crippen LogP contribution >= 0.6 is 8.03 Å². The number of nitrogens with one attached hydrogen (secondary N) is 1. The van der Waals surface area contributed by atoms with E-state index in [1.54, 1.807) is 54.7 Å². The average molecular weight is 328 g/mol. The van der Waals surface area contributed by atoms with Crippen molar-refractivity contribution in [1.82, 2.24) is 4.98 Å². The smallest absolute Gasteiger partial charge is 0.481 e. The van der Waals surface area contributed by atoms with Crippen LogP contribution in [0.3, 0.4) is 0 Å². The fourth-order valence-electron chi connectivity index (χ4n) is 2.91. The number of aliphatic carboxylic acids is 1. The Kier molecular flexibility index (Phi) is 4.24. The Hall–Kier alpha value is -2.49. The van der Waals surface area contributed by atoms with Gasteiger partial charge in [-0.3, -0.25) is 4.79 Å². The van der Waals surface area contributed by atoms with Gasteiger partial charge in [0.2, 0.25) is 5.66 Å². The van der Waals surface area contributed by atoms with Crippen LogP contribution in [0.15, 0.2) is 60.8 Å². The molecule has 3 unspecified atom stereocenters. The number of aromatic nitrogens is 1. The molecule has 0 bridgehead atoms. The molecule has 1 heterocycles. The highest BCUT2D eigenvalue weighted by Crippen LogP contribution is 2.49. The lowest BCUT2D eigenvalue weighted by molar-refractivity contribution is -0.138. The normalized spacial score (nSPS) is 14.4. The van der Waals surface area contributed by atoms with Crippen LogP contribution in [0.4, 0.5) is 0 Å². The number of carboxylic acid groups (broad SMARTS) is 1. The summed E-state index contributed by atoms with van der Waals surface area (Å²) < 4.78 is 12.1. The topological polar surface area (TPSA) is 90.4 Å². The van der Waals surface area contributed by atoms with E-state index in [1.165, 1.54) is 0 Å². The van der Waals surface area contributed by atoms with E-state index in [0.717, 1.165) is 10.9 Å². The van der Waals surface area contributed by atoms with E-state index in [1.807, 2.05) is 6.07 Å². The number of fused-ring (bicyclic) bond motifs is 1. The molecular formula is C17H15NO4P+. The quantitative estimate of drug-likeness (QED) is 0.621. The lowest BCUT2D eigenvalue weighted by Gasteiger charge is -2.16. The van der Waals surface area contributed by atoms with Crippen molar-refractivity contribution in [3.8, 4) is 0 Å². The van der Waals surface area contributed by atoms with Crippen LogP contribution in [0, 0.1) is 0 Å². The maximum absolute atomic E-state index is 12.1. The van der Waals surface area contributed by atoms with Gasteiger partial charge in [0, 0.05) is 22.7 Å². The van der Waals surface area contributed by atoms with Crippen LogP contribution < -0.4 is 0 Å². The van der Waals surface area contributed by atoms with E-state index in [-0.39, 0.29) is 0 Å². The summed E-state index contributed by atoms with van der Waals surface area (Å²) >= 11 is 0. The first-order chi connectivity index (χ1) is 11.1. The zero-order valence-corrected chi connectivity index (χ0v) is 13.0. The van der Waals surface area contributed by atoms with Crippen molar-refractivity contribution in [3.63, 3.8) is 0 Å². The van der Waals surface area contributed by atoms with Gasteiger partial charge in [-0.1, -0.05) is 42.5 Å². The van der Waals surface area contributed by atoms with Gasteiger partial charge in [0.05, 0.1) is 0 Å². The van der Waals surface area contributed by atoms with E-state index >= 15 is 0 Å². The third-order valence-electron chi connectivity index (χ3n) is 3.93. The molecule has 0 amide bonds. The predicted octanol–water partition coefficient (Wildman–Crippen LogP) is 3.81. The minimum Gasteiger partial charge on any atom is -0.481 e. The molecule has 6 heteroatoms. The molecule has 2 aromatic carbocycles. The SMILES string of the molecule is O=C(O)C(c1ccccc1)C(c1cccc2[nH]ccc12)[P+](=O)O. The molecule has 0 fully saturated rings. The monoisotopic (exact) mass is 328 g/mol. The van der Waals surface area contributed by atoms with Crippen molar-refractivity contribution in [1.29, 1.82) is 0 Å². The van der Waals surface area contributed by atoms with Crippen molar-refractivity contribution < 1.29 is 19.4 Å². The highest BCUT2D eigenvalue weighted by Gasteiger charge is 2.45. The highest BCUT2D eigenvalue weighted by atomic mass is 31.1. The molecule has 0 saturated heterocycles. The third-order valence-corrected chi connectivity index (χ3v) is 4.98. The maximum Gasteiger partial charge on any atom is 0.514 e. The molecule has 0 spiro atoms. The van der Waals surface area contributed by atoms with Gasteiger partial charge in [0.1, 0.15) is 5.92 Å². The van der Waals surface area contributed by atoms with Gasteiger partial charge in [-0.2, -0.15) is 4.89 Å². The van der Waals surface area contributed by atoms with Crippen LogP contribution in [-0.2, 0) is 9.36 Å². The summed E-state index contributed by atoms with van der Waals surface area (Å²) in [5.41, 5.74) is 0.851. The number of carbonyl (C=O) groups is 1. The first-order valence-electron chi connectivity index (χ1n) is 7.08. The Balaban J connectivity index is 2.19. The number of rotatable bonds is 5. The lowest BCUT2D eigenvalue weighted by atomic mass is 9.90.